The molecule has 1 rings (SSSR count). The number of hydrogen-bond acceptors (Lipinski definition) is 6. The molecule has 6 nitrogen and oxygen atoms in total. The van der Waals surface area contributed by atoms with E-state index in [1.165, 1.54) is 7.11 Å². The zero-order valence-electron chi connectivity index (χ0n) is 11.9. The Morgan fingerprint density at radius 2 is 1.95 bits per heavy atom. The van der Waals surface area contributed by atoms with Crippen molar-refractivity contribution in [2.75, 3.05) is 46.4 Å². The van der Waals surface area contributed by atoms with Crippen LogP contribution in [0.1, 0.15) is 16.8 Å². The normalized spacial score (nSPS) is 10.3. The Bertz CT molecular complexity index is 422. The van der Waals surface area contributed by atoms with Crippen LogP contribution in [-0.2, 0) is 14.2 Å². The number of methoxy groups -OCH3 is 2. The second kappa shape index (κ2) is 9.17. The Kier molecular flexibility index (Phi) is 7.46. The zero-order chi connectivity index (χ0) is 14.8. The lowest BCUT2D eigenvalue weighted by Crippen LogP contribution is -2.11. The lowest BCUT2D eigenvalue weighted by molar-refractivity contribution is 0.0587. The van der Waals surface area contributed by atoms with E-state index in [0.717, 1.165) is 6.42 Å². The summed E-state index contributed by atoms with van der Waals surface area (Å²) in [5, 5.41) is 0. The van der Waals surface area contributed by atoms with E-state index < -0.39 is 5.97 Å². The Hall–Kier alpha value is -1.79. The molecule has 0 bridgehead atoms. The molecule has 112 valence electrons. The fraction of sp³-hybridized carbons (Fsp3) is 0.500. The van der Waals surface area contributed by atoms with Crippen molar-refractivity contribution in [3.05, 3.63) is 23.8 Å². The number of ether oxygens (including phenoxy) is 4. The van der Waals surface area contributed by atoms with Gasteiger partial charge in [0, 0.05) is 32.1 Å². The maximum Gasteiger partial charge on any atom is 0.341 e. The Labute approximate surface area is 118 Å². The van der Waals surface area contributed by atoms with E-state index in [9.17, 15) is 4.79 Å². The minimum absolute atomic E-state index is 0.334. The summed E-state index contributed by atoms with van der Waals surface area (Å²) >= 11 is 0. The number of hydrogen-bond donors (Lipinski definition) is 1. The molecule has 1 aromatic rings. The molecule has 20 heavy (non-hydrogen) atoms. The molecular formula is C14H21NO5. The summed E-state index contributed by atoms with van der Waals surface area (Å²) in [5.41, 5.74) is 6.55. The minimum Gasteiger partial charge on any atom is -0.490 e. The molecule has 0 aromatic heterocycles. The lowest BCUT2D eigenvalue weighted by atomic mass is 10.2. The molecule has 0 aliphatic rings. The summed E-state index contributed by atoms with van der Waals surface area (Å²) in [6, 6.07) is 4.80. The maximum atomic E-state index is 11.6. The van der Waals surface area contributed by atoms with E-state index in [4.69, 9.17) is 19.9 Å². The van der Waals surface area contributed by atoms with Crippen LogP contribution in [0.2, 0.25) is 0 Å². The molecule has 0 saturated heterocycles. The van der Waals surface area contributed by atoms with Crippen LogP contribution in [0.5, 0.6) is 5.75 Å². The van der Waals surface area contributed by atoms with E-state index in [1.54, 1.807) is 25.3 Å². The molecule has 0 amide bonds. The molecule has 0 aliphatic heterocycles. The van der Waals surface area contributed by atoms with Gasteiger partial charge in [-0.2, -0.15) is 0 Å². The number of benzene rings is 1. The first-order valence-corrected chi connectivity index (χ1v) is 6.36. The third-order valence-electron chi connectivity index (χ3n) is 2.53. The SMILES string of the molecule is COCCCOCCOc1cc(N)ccc1C(=O)OC. The molecule has 0 saturated carbocycles. The van der Waals surface area contributed by atoms with Crippen molar-refractivity contribution in [3.63, 3.8) is 0 Å². The summed E-state index contributed by atoms with van der Waals surface area (Å²) in [7, 11) is 2.97. The highest BCUT2D eigenvalue weighted by Gasteiger charge is 2.13. The van der Waals surface area contributed by atoms with Gasteiger partial charge in [-0.1, -0.05) is 0 Å². The number of carbonyl (C=O) groups excluding carboxylic acids is 1. The van der Waals surface area contributed by atoms with Crippen molar-refractivity contribution in [1.82, 2.24) is 0 Å². The molecule has 0 heterocycles. The van der Waals surface area contributed by atoms with Crippen LogP contribution in [0.3, 0.4) is 0 Å². The lowest BCUT2D eigenvalue weighted by Gasteiger charge is -2.11. The largest absolute Gasteiger partial charge is 0.490 e. The summed E-state index contributed by atoms with van der Waals surface area (Å²) in [4.78, 5) is 11.6. The van der Waals surface area contributed by atoms with E-state index >= 15 is 0 Å². The number of rotatable bonds is 9. The first-order chi connectivity index (χ1) is 9.69. The zero-order valence-corrected chi connectivity index (χ0v) is 11.9. The summed E-state index contributed by atoms with van der Waals surface area (Å²) < 4.78 is 20.5. The third-order valence-corrected chi connectivity index (χ3v) is 2.53. The molecule has 0 aliphatic carbocycles. The maximum absolute atomic E-state index is 11.6. The van der Waals surface area contributed by atoms with Gasteiger partial charge in [-0.25, -0.2) is 4.79 Å². The van der Waals surface area contributed by atoms with E-state index in [2.05, 4.69) is 4.74 Å². The van der Waals surface area contributed by atoms with Crippen LogP contribution in [-0.4, -0.2) is 46.6 Å². The molecule has 1 aromatic carbocycles. The van der Waals surface area contributed by atoms with Gasteiger partial charge in [-0.05, 0) is 18.6 Å². The first kappa shape index (κ1) is 16.3. The smallest absolute Gasteiger partial charge is 0.341 e. The molecule has 6 heteroatoms. The van der Waals surface area contributed by atoms with Crippen LogP contribution >= 0.6 is 0 Å². The minimum atomic E-state index is -0.457. The molecule has 0 unspecified atom stereocenters. The van der Waals surface area contributed by atoms with Gasteiger partial charge in [0.1, 0.15) is 17.9 Å². The molecule has 0 atom stereocenters. The van der Waals surface area contributed by atoms with Gasteiger partial charge < -0.3 is 24.7 Å². The molecule has 0 spiro atoms. The van der Waals surface area contributed by atoms with Gasteiger partial charge in [0.2, 0.25) is 0 Å². The van der Waals surface area contributed by atoms with E-state index in [0.29, 0.717) is 43.4 Å². The molecular weight excluding hydrogens is 262 g/mol. The van der Waals surface area contributed by atoms with Gasteiger partial charge in [0.05, 0.1) is 13.7 Å². The Balaban J connectivity index is 2.42. The number of anilines is 1. The van der Waals surface area contributed by atoms with Crippen LogP contribution in [0.15, 0.2) is 18.2 Å². The highest BCUT2D eigenvalue weighted by Crippen LogP contribution is 2.22. The fourth-order valence-electron chi connectivity index (χ4n) is 1.55. The highest BCUT2D eigenvalue weighted by atomic mass is 16.5. The van der Waals surface area contributed by atoms with Crippen molar-refractivity contribution < 1.29 is 23.7 Å². The Morgan fingerprint density at radius 3 is 2.65 bits per heavy atom. The number of carbonyl (C=O) groups is 1. The standard InChI is InChI=1S/C14H21NO5/c1-17-6-3-7-19-8-9-20-13-10-11(15)4-5-12(13)14(16)18-2/h4-5,10H,3,6-9,15H2,1-2H3. The van der Waals surface area contributed by atoms with Gasteiger partial charge in [0.15, 0.2) is 0 Å². The first-order valence-electron chi connectivity index (χ1n) is 6.36. The van der Waals surface area contributed by atoms with Crippen LogP contribution in [0.4, 0.5) is 5.69 Å². The second-order valence-electron chi connectivity index (χ2n) is 4.05. The predicted octanol–water partition coefficient (Wildman–Crippen LogP) is 1.49. The summed E-state index contributed by atoms with van der Waals surface area (Å²) in [5.74, 6) is -0.0571. The van der Waals surface area contributed by atoms with Crippen molar-refractivity contribution in [2.24, 2.45) is 0 Å². The third kappa shape index (κ3) is 5.46. The highest BCUT2D eigenvalue weighted by molar-refractivity contribution is 5.93. The fourth-order valence-corrected chi connectivity index (χ4v) is 1.55. The van der Waals surface area contributed by atoms with E-state index in [1.807, 2.05) is 0 Å². The van der Waals surface area contributed by atoms with Gasteiger partial charge in [-0.3, -0.25) is 0 Å². The van der Waals surface area contributed by atoms with Gasteiger partial charge in [-0.15, -0.1) is 0 Å². The summed E-state index contributed by atoms with van der Waals surface area (Å²) in [6.45, 7) is 2.04. The quantitative estimate of drug-likeness (QED) is 0.420. The van der Waals surface area contributed by atoms with Crippen LogP contribution in [0.25, 0.3) is 0 Å². The van der Waals surface area contributed by atoms with Gasteiger partial charge >= 0.3 is 5.97 Å². The van der Waals surface area contributed by atoms with Crippen LogP contribution in [0, 0.1) is 0 Å². The molecule has 2 N–H and O–H groups in total. The topological polar surface area (TPSA) is 80.0 Å². The van der Waals surface area contributed by atoms with Gasteiger partial charge in [0.25, 0.3) is 0 Å². The number of esters is 1. The van der Waals surface area contributed by atoms with Crippen molar-refractivity contribution >= 4 is 11.7 Å². The Morgan fingerprint density at radius 1 is 1.15 bits per heavy atom. The molecule has 0 radical (unpaired) electrons. The average Bonchev–Trinajstić information content (AvgIpc) is 2.45. The van der Waals surface area contributed by atoms with E-state index in [-0.39, 0.29) is 0 Å². The van der Waals surface area contributed by atoms with Crippen LogP contribution < -0.4 is 10.5 Å². The number of nitrogens with two attached hydrogens (primary N) is 1. The summed E-state index contributed by atoms with van der Waals surface area (Å²) in [6.07, 6.45) is 0.836. The van der Waals surface area contributed by atoms with Crippen molar-refractivity contribution in [2.45, 2.75) is 6.42 Å². The number of nitrogen functional groups attached to an aromatic ring is 1. The second-order valence-corrected chi connectivity index (χ2v) is 4.05. The molecule has 0 fully saturated rings. The average molecular weight is 283 g/mol. The van der Waals surface area contributed by atoms with Crippen molar-refractivity contribution in [1.29, 1.82) is 0 Å². The van der Waals surface area contributed by atoms with Crippen molar-refractivity contribution in [3.8, 4) is 5.75 Å². The predicted molar refractivity (Wildman–Crippen MR) is 75.0 cm³/mol. The monoisotopic (exact) mass is 283 g/mol.